The van der Waals surface area contributed by atoms with Crippen LogP contribution in [0.25, 0.3) is 54.6 Å². The van der Waals surface area contributed by atoms with E-state index in [0.29, 0.717) is 0 Å². The Kier molecular flexibility index (Phi) is 5.12. The summed E-state index contributed by atoms with van der Waals surface area (Å²) in [5.41, 5.74) is 8.07. The molecule has 208 valence electrons. The molecule has 0 fully saturated rings. The molecule has 3 heteroatoms. The second-order valence-electron chi connectivity index (χ2n) is 12.0. The first-order valence-electron chi connectivity index (χ1n) is 15.5. The van der Waals surface area contributed by atoms with Gasteiger partial charge in [-0.25, -0.2) is 0 Å². The third-order valence-corrected chi connectivity index (χ3v) is 9.56. The van der Waals surface area contributed by atoms with Crippen LogP contribution in [0, 0.1) is 0 Å². The van der Waals surface area contributed by atoms with Gasteiger partial charge in [0.15, 0.2) is 0 Å². The standard InChI is InChI=1S/C42H25BO2/c1-2-13-31-26(9-1)21-22-30-25-34-29(24-35(30)31)12-6-14-32(34)27-10-5-11-28(23-27)33-15-7-17-37-42(33)45-40-20-8-19-39-41(40)43(37)36-16-3-4-18-38(36)44-39/h1-25H. The average Bonchev–Trinajstić information content (AvgIpc) is 3.10. The summed E-state index contributed by atoms with van der Waals surface area (Å²) in [6.07, 6.45) is 0. The topological polar surface area (TPSA) is 18.5 Å². The van der Waals surface area contributed by atoms with Crippen LogP contribution in [0.5, 0.6) is 23.0 Å². The number of para-hydroxylation sites is 2. The Morgan fingerprint density at radius 1 is 0.378 bits per heavy atom. The highest BCUT2D eigenvalue weighted by atomic mass is 16.5. The molecule has 2 aliphatic heterocycles. The van der Waals surface area contributed by atoms with E-state index in [1.165, 1.54) is 48.9 Å². The molecule has 0 radical (unpaired) electrons. The predicted molar refractivity (Wildman–Crippen MR) is 188 cm³/mol. The molecule has 0 aliphatic carbocycles. The Morgan fingerprint density at radius 3 is 1.96 bits per heavy atom. The summed E-state index contributed by atoms with van der Waals surface area (Å²) in [5, 5.41) is 7.60. The van der Waals surface area contributed by atoms with Gasteiger partial charge in [-0.05, 0) is 96.3 Å². The number of ether oxygens (including phenoxy) is 2. The van der Waals surface area contributed by atoms with Crippen LogP contribution >= 0.6 is 0 Å². The van der Waals surface area contributed by atoms with Crippen molar-refractivity contribution in [2.24, 2.45) is 0 Å². The van der Waals surface area contributed by atoms with Gasteiger partial charge in [-0.2, -0.15) is 0 Å². The lowest BCUT2D eigenvalue weighted by Gasteiger charge is -2.33. The number of hydrogen-bond donors (Lipinski definition) is 0. The molecule has 2 nitrogen and oxygen atoms in total. The smallest absolute Gasteiger partial charge is 0.260 e. The van der Waals surface area contributed by atoms with Gasteiger partial charge in [0.05, 0.1) is 0 Å². The fraction of sp³-hybridized carbons (Fsp3) is 0. The average molecular weight is 572 g/mol. The Labute approximate surface area is 261 Å². The molecule has 10 rings (SSSR count). The van der Waals surface area contributed by atoms with E-state index in [9.17, 15) is 0 Å². The lowest BCUT2D eigenvalue weighted by atomic mass is 9.34. The largest absolute Gasteiger partial charge is 0.458 e. The van der Waals surface area contributed by atoms with E-state index in [1.807, 2.05) is 18.2 Å². The van der Waals surface area contributed by atoms with Gasteiger partial charge in [-0.15, -0.1) is 0 Å². The normalized spacial score (nSPS) is 12.8. The molecule has 0 N–H and O–H groups in total. The van der Waals surface area contributed by atoms with Crippen LogP contribution in [0.15, 0.2) is 152 Å². The maximum atomic E-state index is 6.74. The van der Waals surface area contributed by atoms with Gasteiger partial charge in [0.25, 0.3) is 6.71 Å². The molecule has 0 aromatic heterocycles. The molecule has 0 spiro atoms. The quantitative estimate of drug-likeness (QED) is 0.117. The van der Waals surface area contributed by atoms with Crippen molar-refractivity contribution in [3.05, 3.63) is 152 Å². The van der Waals surface area contributed by atoms with E-state index in [4.69, 9.17) is 9.47 Å². The molecule has 0 saturated carbocycles. The third kappa shape index (κ3) is 3.65. The van der Waals surface area contributed by atoms with E-state index in [2.05, 4.69) is 133 Å². The zero-order valence-corrected chi connectivity index (χ0v) is 24.3. The van der Waals surface area contributed by atoms with Crippen molar-refractivity contribution in [3.8, 4) is 45.3 Å². The van der Waals surface area contributed by atoms with Gasteiger partial charge >= 0.3 is 0 Å². The SMILES string of the molecule is c1cc(-c2cccc3c2Oc2cccc4c2B3c2ccccc2O4)cc(-c2cccc3cc4c(ccc5ccccc54)cc23)c1. The van der Waals surface area contributed by atoms with Gasteiger partial charge in [-0.3, -0.25) is 0 Å². The summed E-state index contributed by atoms with van der Waals surface area (Å²) in [6, 6.07) is 54.3. The molecule has 8 aromatic rings. The number of hydrogen-bond acceptors (Lipinski definition) is 2. The van der Waals surface area contributed by atoms with Crippen LogP contribution in [0.4, 0.5) is 0 Å². The van der Waals surface area contributed by atoms with Crippen LogP contribution in [-0.2, 0) is 0 Å². The summed E-state index contributed by atoms with van der Waals surface area (Å²) < 4.78 is 13.1. The van der Waals surface area contributed by atoms with Crippen molar-refractivity contribution in [2.75, 3.05) is 0 Å². The van der Waals surface area contributed by atoms with Gasteiger partial charge in [-0.1, -0.05) is 115 Å². The van der Waals surface area contributed by atoms with Crippen molar-refractivity contribution in [2.45, 2.75) is 0 Å². The highest BCUT2D eigenvalue weighted by molar-refractivity contribution is 6.98. The fourth-order valence-electron chi connectivity index (χ4n) is 7.52. The van der Waals surface area contributed by atoms with Crippen LogP contribution in [-0.4, -0.2) is 6.71 Å². The first-order chi connectivity index (χ1) is 22.3. The Hall–Kier alpha value is -5.80. The molecule has 0 bridgehead atoms. The minimum absolute atomic E-state index is 0.0514. The zero-order chi connectivity index (χ0) is 29.5. The zero-order valence-electron chi connectivity index (χ0n) is 24.3. The molecule has 2 heterocycles. The second kappa shape index (κ2) is 9.35. The molecule has 0 amide bonds. The number of rotatable bonds is 2. The van der Waals surface area contributed by atoms with Crippen molar-refractivity contribution in [1.29, 1.82) is 0 Å². The Balaban J connectivity index is 1.14. The number of benzene rings is 8. The summed E-state index contributed by atoms with van der Waals surface area (Å²) in [4.78, 5) is 0. The van der Waals surface area contributed by atoms with E-state index < -0.39 is 0 Å². The summed E-state index contributed by atoms with van der Waals surface area (Å²) in [5.74, 6) is 3.54. The third-order valence-electron chi connectivity index (χ3n) is 9.56. The predicted octanol–water partition coefficient (Wildman–Crippen LogP) is 9.21. The molecule has 45 heavy (non-hydrogen) atoms. The molecule has 8 aromatic carbocycles. The molecule has 0 saturated heterocycles. The van der Waals surface area contributed by atoms with Gasteiger partial charge in [0.1, 0.15) is 23.0 Å². The highest BCUT2D eigenvalue weighted by Gasteiger charge is 2.40. The lowest BCUT2D eigenvalue weighted by Crippen LogP contribution is -2.57. The summed E-state index contributed by atoms with van der Waals surface area (Å²) >= 11 is 0. The molecule has 0 unspecified atom stereocenters. The van der Waals surface area contributed by atoms with E-state index in [1.54, 1.807) is 0 Å². The minimum Gasteiger partial charge on any atom is -0.458 e. The Bertz CT molecular complexity index is 2510. The van der Waals surface area contributed by atoms with Crippen molar-refractivity contribution in [3.63, 3.8) is 0 Å². The van der Waals surface area contributed by atoms with Gasteiger partial charge < -0.3 is 9.47 Å². The van der Waals surface area contributed by atoms with Gasteiger partial charge in [0.2, 0.25) is 0 Å². The van der Waals surface area contributed by atoms with Crippen LogP contribution in [0.2, 0.25) is 0 Å². The molecule has 0 atom stereocenters. The highest BCUT2D eigenvalue weighted by Crippen LogP contribution is 2.41. The van der Waals surface area contributed by atoms with Crippen LogP contribution < -0.4 is 25.9 Å². The maximum absolute atomic E-state index is 6.74. The first kappa shape index (κ1) is 24.6. The first-order valence-corrected chi connectivity index (χ1v) is 15.5. The van der Waals surface area contributed by atoms with Crippen molar-refractivity contribution < 1.29 is 9.47 Å². The summed E-state index contributed by atoms with van der Waals surface area (Å²) in [6.45, 7) is 0.0514. The lowest BCUT2D eigenvalue weighted by molar-refractivity contribution is 0.465. The molecular formula is C42H25BO2. The monoisotopic (exact) mass is 572 g/mol. The molecule has 2 aliphatic rings. The molecular weight excluding hydrogens is 547 g/mol. The second-order valence-corrected chi connectivity index (χ2v) is 12.0. The fourth-order valence-corrected chi connectivity index (χ4v) is 7.52. The van der Waals surface area contributed by atoms with E-state index >= 15 is 0 Å². The van der Waals surface area contributed by atoms with Crippen LogP contribution in [0.1, 0.15) is 0 Å². The number of fused-ring (bicyclic) bond motifs is 8. The minimum atomic E-state index is 0.0514. The van der Waals surface area contributed by atoms with Crippen molar-refractivity contribution >= 4 is 55.4 Å². The summed E-state index contributed by atoms with van der Waals surface area (Å²) in [7, 11) is 0. The van der Waals surface area contributed by atoms with Crippen LogP contribution in [0.3, 0.4) is 0 Å². The maximum Gasteiger partial charge on any atom is 0.260 e. The van der Waals surface area contributed by atoms with Crippen molar-refractivity contribution in [1.82, 2.24) is 0 Å². The van der Waals surface area contributed by atoms with E-state index in [0.717, 1.165) is 45.1 Å². The Morgan fingerprint density at radius 2 is 1.00 bits per heavy atom. The van der Waals surface area contributed by atoms with Gasteiger partial charge in [0, 0.05) is 11.0 Å². The van der Waals surface area contributed by atoms with E-state index in [-0.39, 0.29) is 6.71 Å².